The fourth-order valence-corrected chi connectivity index (χ4v) is 8.51. The minimum atomic E-state index is 0.531. The number of aromatic nitrogens is 4. The summed E-state index contributed by atoms with van der Waals surface area (Å²) in [4.78, 5) is 15.4. The molecule has 4 heterocycles. The second-order valence-electron chi connectivity index (χ2n) is 14.3. The number of benzene rings is 8. The summed E-state index contributed by atoms with van der Waals surface area (Å²) in [6.07, 6.45) is 0. The SMILES string of the molecule is c1ccc(-c2nc(-c3cccc4c3oc3c(-c5ccc6c7ccccc7n(-c7ccccc7)c6c5)cccc34)nc(-c3cccc4oc5ccccc5c34)n2)cc1. The van der Waals surface area contributed by atoms with E-state index in [4.69, 9.17) is 23.8 Å². The predicted octanol–water partition coefficient (Wildman–Crippen LogP) is 13.4. The van der Waals surface area contributed by atoms with E-state index >= 15 is 0 Å². The zero-order valence-electron chi connectivity index (χ0n) is 30.4. The average Bonchev–Trinajstić information content (AvgIpc) is 3.96. The van der Waals surface area contributed by atoms with Crippen molar-refractivity contribution >= 4 is 65.7 Å². The lowest BCUT2D eigenvalue weighted by atomic mass is 10.0. The van der Waals surface area contributed by atoms with Crippen LogP contribution in [0.3, 0.4) is 0 Å². The molecule has 12 aromatic rings. The second kappa shape index (κ2) is 12.3. The lowest BCUT2D eigenvalue weighted by Gasteiger charge is -2.09. The van der Waals surface area contributed by atoms with Crippen LogP contribution in [0.25, 0.3) is 117 Å². The Bertz CT molecular complexity index is 3530. The molecule has 6 heteroatoms. The van der Waals surface area contributed by atoms with Gasteiger partial charge in [0.25, 0.3) is 0 Å². The summed E-state index contributed by atoms with van der Waals surface area (Å²) >= 11 is 0. The second-order valence-corrected chi connectivity index (χ2v) is 14.3. The van der Waals surface area contributed by atoms with Gasteiger partial charge < -0.3 is 13.4 Å². The Morgan fingerprint density at radius 1 is 0.351 bits per heavy atom. The molecule has 0 atom stereocenters. The summed E-state index contributed by atoms with van der Waals surface area (Å²) in [7, 11) is 0. The Balaban J connectivity index is 1.07. The molecule has 0 unspecified atom stereocenters. The molecule has 0 spiro atoms. The first-order chi connectivity index (χ1) is 28.3. The highest BCUT2D eigenvalue weighted by Gasteiger charge is 2.22. The van der Waals surface area contributed by atoms with Crippen molar-refractivity contribution < 1.29 is 8.83 Å². The van der Waals surface area contributed by atoms with Crippen molar-refractivity contribution in [1.82, 2.24) is 19.5 Å². The molecule has 12 rings (SSSR count). The molecule has 0 bridgehead atoms. The molecule has 266 valence electrons. The highest BCUT2D eigenvalue weighted by molar-refractivity contribution is 6.15. The first-order valence-corrected chi connectivity index (χ1v) is 19.0. The lowest BCUT2D eigenvalue weighted by molar-refractivity contribution is 0.669. The molecule has 0 aliphatic carbocycles. The van der Waals surface area contributed by atoms with Gasteiger partial charge in [0, 0.05) is 54.7 Å². The van der Waals surface area contributed by atoms with E-state index in [2.05, 4.69) is 120 Å². The Morgan fingerprint density at radius 2 is 0.930 bits per heavy atom. The van der Waals surface area contributed by atoms with Crippen molar-refractivity contribution in [1.29, 1.82) is 0 Å². The highest BCUT2D eigenvalue weighted by Crippen LogP contribution is 2.42. The maximum absolute atomic E-state index is 6.99. The number of para-hydroxylation sites is 5. The van der Waals surface area contributed by atoms with Crippen molar-refractivity contribution in [3.63, 3.8) is 0 Å². The summed E-state index contributed by atoms with van der Waals surface area (Å²) in [6.45, 7) is 0. The molecule has 0 N–H and O–H groups in total. The van der Waals surface area contributed by atoms with E-state index in [1.165, 1.54) is 16.3 Å². The van der Waals surface area contributed by atoms with Crippen LogP contribution >= 0.6 is 0 Å². The Morgan fingerprint density at radius 3 is 1.75 bits per heavy atom. The van der Waals surface area contributed by atoms with Crippen molar-refractivity contribution in [2.24, 2.45) is 0 Å². The molecule has 8 aromatic carbocycles. The number of nitrogens with zero attached hydrogens (tertiary/aromatic N) is 4. The standard InChI is InChI=1S/C51H30N4O2/c1-3-14-31(15-4-1)49-52-50(40-23-13-27-45-46(40)39-19-8-10-26-44(39)56-45)54-51(53-49)41-24-12-22-38-37-21-11-20-34(47(37)57-48(38)41)32-28-29-36-35-18-7-9-25-42(35)55(43(36)30-32)33-16-5-2-6-17-33/h1-30H. The molecule has 57 heavy (non-hydrogen) atoms. The summed E-state index contributed by atoms with van der Waals surface area (Å²) in [5.74, 6) is 1.67. The number of furan rings is 2. The van der Waals surface area contributed by atoms with E-state index in [9.17, 15) is 0 Å². The van der Waals surface area contributed by atoms with Crippen molar-refractivity contribution in [3.8, 4) is 51.0 Å². The van der Waals surface area contributed by atoms with E-state index < -0.39 is 0 Å². The van der Waals surface area contributed by atoms with E-state index in [1.807, 2.05) is 66.7 Å². The molecule has 0 saturated carbocycles. The molecule has 0 saturated heterocycles. The summed E-state index contributed by atoms with van der Waals surface area (Å²) in [5, 5.41) is 6.43. The van der Waals surface area contributed by atoms with E-state index in [-0.39, 0.29) is 0 Å². The van der Waals surface area contributed by atoms with Crippen LogP contribution in [0.2, 0.25) is 0 Å². The Hall–Kier alpha value is -7.83. The molecule has 0 fully saturated rings. The summed E-state index contributed by atoms with van der Waals surface area (Å²) in [5.41, 5.74) is 11.2. The third-order valence-electron chi connectivity index (χ3n) is 11.1. The van der Waals surface area contributed by atoms with E-state index in [0.29, 0.717) is 17.5 Å². The maximum Gasteiger partial charge on any atom is 0.167 e. The van der Waals surface area contributed by atoms with Gasteiger partial charge in [0.2, 0.25) is 0 Å². The summed E-state index contributed by atoms with van der Waals surface area (Å²) < 4.78 is 15.6. The van der Waals surface area contributed by atoms with Gasteiger partial charge in [-0.3, -0.25) is 0 Å². The van der Waals surface area contributed by atoms with Gasteiger partial charge >= 0.3 is 0 Å². The molecular formula is C51H30N4O2. The molecule has 0 amide bonds. The summed E-state index contributed by atoms with van der Waals surface area (Å²) in [6, 6.07) is 62.7. The van der Waals surface area contributed by atoms with Crippen LogP contribution in [-0.2, 0) is 0 Å². The number of rotatable bonds is 5. The Kier molecular flexibility index (Phi) is 6.83. The smallest absolute Gasteiger partial charge is 0.167 e. The molecule has 6 nitrogen and oxygen atoms in total. The molecule has 0 radical (unpaired) electrons. The van der Waals surface area contributed by atoms with Crippen LogP contribution in [0.5, 0.6) is 0 Å². The third kappa shape index (κ3) is 4.87. The predicted molar refractivity (Wildman–Crippen MR) is 230 cm³/mol. The molecule has 4 aromatic heterocycles. The van der Waals surface area contributed by atoms with Crippen LogP contribution in [0.15, 0.2) is 191 Å². The van der Waals surface area contributed by atoms with Crippen LogP contribution in [0, 0.1) is 0 Å². The quantitative estimate of drug-likeness (QED) is 0.176. The first-order valence-electron chi connectivity index (χ1n) is 19.0. The number of fused-ring (bicyclic) bond motifs is 9. The average molecular weight is 731 g/mol. The van der Waals surface area contributed by atoms with Crippen LogP contribution in [0.4, 0.5) is 0 Å². The van der Waals surface area contributed by atoms with Gasteiger partial charge in [-0.25, -0.2) is 15.0 Å². The molecular weight excluding hydrogens is 701 g/mol. The zero-order valence-corrected chi connectivity index (χ0v) is 30.4. The van der Waals surface area contributed by atoms with Gasteiger partial charge in [-0.1, -0.05) is 140 Å². The fourth-order valence-electron chi connectivity index (χ4n) is 8.51. The molecule has 0 aliphatic rings. The van der Waals surface area contributed by atoms with Gasteiger partial charge in [0.15, 0.2) is 17.5 Å². The van der Waals surface area contributed by atoms with Gasteiger partial charge in [0.1, 0.15) is 22.3 Å². The van der Waals surface area contributed by atoms with Crippen molar-refractivity contribution in [3.05, 3.63) is 182 Å². The lowest BCUT2D eigenvalue weighted by Crippen LogP contribution is -2.00. The van der Waals surface area contributed by atoms with Crippen LogP contribution in [0.1, 0.15) is 0 Å². The number of hydrogen-bond donors (Lipinski definition) is 0. The van der Waals surface area contributed by atoms with E-state index in [0.717, 1.165) is 82.9 Å². The monoisotopic (exact) mass is 730 g/mol. The topological polar surface area (TPSA) is 69.9 Å². The number of hydrogen-bond acceptors (Lipinski definition) is 5. The van der Waals surface area contributed by atoms with Crippen molar-refractivity contribution in [2.45, 2.75) is 0 Å². The normalized spacial score (nSPS) is 11.9. The van der Waals surface area contributed by atoms with Crippen LogP contribution < -0.4 is 0 Å². The highest BCUT2D eigenvalue weighted by atomic mass is 16.3. The minimum Gasteiger partial charge on any atom is -0.456 e. The minimum absolute atomic E-state index is 0.531. The van der Waals surface area contributed by atoms with Gasteiger partial charge in [-0.15, -0.1) is 0 Å². The first kappa shape index (κ1) is 31.5. The van der Waals surface area contributed by atoms with Crippen LogP contribution in [-0.4, -0.2) is 19.5 Å². The van der Waals surface area contributed by atoms with Gasteiger partial charge in [-0.05, 0) is 48.0 Å². The molecule has 0 aliphatic heterocycles. The van der Waals surface area contributed by atoms with Gasteiger partial charge in [-0.2, -0.15) is 0 Å². The van der Waals surface area contributed by atoms with Gasteiger partial charge in [0.05, 0.1) is 16.6 Å². The maximum atomic E-state index is 6.99. The van der Waals surface area contributed by atoms with Crippen molar-refractivity contribution in [2.75, 3.05) is 0 Å². The third-order valence-corrected chi connectivity index (χ3v) is 11.1. The zero-order chi connectivity index (χ0) is 37.5. The fraction of sp³-hybridized carbons (Fsp3) is 0. The van der Waals surface area contributed by atoms with E-state index in [1.54, 1.807) is 0 Å². The largest absolute Gasteiger partial charge is 0.456 e. The Labute approximate surface area is 325 Å².